The summed E-state index contributed by atoms with van der Waals surface area (Å²) in [4.78, 5) is 32.5. The van der Waals surface area contributed by atoms with E-state index < -0.39 is 0 Å². The van der Waals surface area contributed by atoms with Gasteiger partial charge in [-0.2, -0.15) is 0 Å². The molecule has 0 spiro atoms. The van der Waals surface area contributed by atoms with Crippen molar-refractivity contribution < 1.29 is 4.79 Å². The molecule has 2 aromatic heterocycles. The van der Waals surface area contributed by atoms with Crippen molar-refractivity contribution in [3.05, 3.63) is 35.7 Å². The highest BCUT2D eigenvalue weighted by Gasteiger charge is 2.26. The molecule has 1 fully saturated rings. The van der Waals surface area contributed by atoms with Gasteiger partial charge in [0.15, 0.2) is 0 Å². The Morgan fingerprint density at radius 3 is 2.79 bits per heavy atom. The lowest BCUT2D eigenvalue weighted by Gasteiger charge is -2.33. The van der Waals surface area contributed by atoms with Crippen LogP contribution in [-0.2, 0) is 12.8 Å². The smallest absolute Gasteiger partial charge is 0.270 e. The summed E-state index contributed by atoms with van der Waals surface area (Å²) in [6.45, 7) is 6.75. The number of piperidine rings is 1. The largest absolute Gasteiger partial charge is 0.367 e. The number of aromatic nitrogens is 4. The Morgan fingerprint density at radius 1 is 1.25 bits per heavy atom. The molecular formula is C20H27N7O. The van der Waals surface area contributed by atoms with Crippen LogP contribution in [-0.4, -0.2) is 51.5 Å². The highest BCUT2D eigenvalue weighted by Crippen LogP contribution is 2.25. The molecule has 2 aliphatic heterocycles. The van der Waals surface area contributed by atoms with Crippen LogP contribution in [0.25, 0.3) is 0 Å². The molecule has 8 heteroatoms. The number of carbonyl (C=O) groups excluding carboxylic acids is 1. The number of anilines is 2. The number of carbonyl (C=O) groups is 1. The molecular weight excluding hydrogens is 354 g/mol. The monoisotopic (exact) mass is 381 g/mol. The van der Waals surface area contributed by atoms with Crippen LogP contribution in [0, 0.1) is 5.92 Å². The van der Waals surface area contributed by atoms with Crippen LogP contribution in [0.15, 0.2) is 18.6 Å². The molecule has 1 amide bonds. The van der Waals surface area contributed by atoms with Crippen molar-refractivity contribution in [3.8, 4) is 0 Å². The maximum absolute atomic E-state index is 12.3. The lowest BCUT2D eigenvalue weighted by atomic mass is 10.0. The number of hydrogen-bond acceptors (Lipinski definition) is 7. The zero-order chi connectivity index (χ0) is 19.5. The number of amides is 1. The fourth-order valence-corrected chi connectivity index (χ4v) is 3.82. The summed E-state index contributed by atoms with van der Waals surface area (Å²) in [5.41, 5.74) is 1.49. The number of nitrogens with one attached hydrogen (secondary N) is 2. The van der Waals surface area contributed by atoms with E-state index in [0.29, 0.717) is 24.2 Å². The lowest BCUT2D eigenvalue weighted by molar-refractivity contribution is 0.0940. The van der Waals surface area contributed by atoms with Gasteiger partial charge < -0.3 is 15.5 Å². The summed E-state index contributed by atoms with van der Waals surface area (Å²) in [5.74, 6) is 2.86. The van der Waals surface area contributed by atoms with E-state index in [4.69, 9.17) is 4.98 Å². The van der Waals surface area contributed by atoms with Crippen molar-refractivity contribution in [2.45, 2.75) is 45.6 Å². The second-order valence-corrected chi connectivity index (χ2v) is 7.89. The first-order valence-corrected chi connectivity index (χ1v) is 10.1. The van der Waals surface area contributed by atoms with Gasteiger partial charge in [-0.3, -0.25) is 9.78 Å². The number of rotatable bonds is 5. The van der Waals surface area contributed by atoms with Gasteiger partial charge in [0.25, 0.3) is 5.91 Å². The molecule has 28 heavy (non-hydrogen) atoms. The first kappa shape index (κ1) is 18.6. The van der Waals surface area contributed by atoms with Crippen molar-refractivity contribution in [2.24, 2.45) is 5.92 Å². The molecule has 2 aromatic rings. The minimum atomic E-state index is -0.0887. The third-order valence-electron chi connectivity index (χ3n) is 5.23. The van der Waals surface area contributed by atoms with Crippen molar-refractivity contribution in [2.75, 3.05) is 29.9 Å². The molecule has 4 rings (SSSR count). The summed E-state index contributed by atoms with van der Waals surface area (Å²) in [7, 11) is 0. The van der Waals surface area contributed by atoms with Crippen molar-refractivity contribution in [1.29, 1.82) is 0 Å². The summed E-state index contributed by atoms with van der Waals surface area (Å²) >= 11 is 0. The third-order valence-corrected chi connectivity index (χ3v) is 5.23. The van der Waals surface area contributed by atoms with E-state index in [9.17, 15) is 4.79 Å². The van der Waals surface area contributed by atoms with Crippen LogP contribution < -0.4 is 15.5 Å². The van der Waals surface area contributed by atoms with Crippen LogP contribution in [0.3, 0.4) is 0 Å². The molecule has 2 N–H and O–H groups in total. The van der Waals surface area contributed by atoms with Crippen molar-refractivity contribution in [1.82, 2.24) is 25.3 Å². The van der Waals surface area contributed by atoms with Crippen molar-refractivity contribution >= 4 is 17.5 Å². The van der Waals surface area contributed by atoms with E-state index in [1.807, 2.05) is 6.20 Å². The van der Waals surface area contributed by atoms with Crippen LogP contribution >= 0.6 is 0 Å². The second-order valence-electron chi connectivity index (χ2n) is 7.89. The molecule has 1 saturated heterocycles. The van der Waals surface area contributed by atoms with E-state index in [-0.39, 0.29) is 5.91 Å². The van der Waals surface area contributed by atoms with Gasteiger partial charge in [-0.25, -0.2) is 15.0 Å². The van der Waals surface area contributed by atoms with Gasteiger partial charge in [-0.05, 0) is 25.2 Å². The first-order chi connectivity index (χ1) is 13.6. The minimum absolute atomic E-state index is 0.0887. The van der Waals surface area contributed by atoms with E-state index >= 15 is 0 Å². The quantitative estimate of drug-likeness (QED) is 0.816. The van der Waals surface area contributed by atoms with Crippen LogP contribution in [0.5, 0.6) is 0 Å². The van der Waals surface area contributed by atoms with Crippen LogP contribution in [0.1, 0.15) is 48.6 Å². The summed E-state index contributed by atoms with van der Waals surface area (Å²) < 4.78 is 0. The predicted octanol–water partition coefficient (Wildman–Crippen LogP) is 1.83. The summed E-state index contributed by atoms with van der Waals surface area (Å²) in [5, 5.41) is 6.52. The molecule has 2 aliphatic rings. The van der Waals surface area contributed by atoms with Gasteiger partial charge in [0, 0.05) is 50.1 Å². The topological polar surface area (TPSA) is 95.9 Å². The highest BCUT2D eigenvalue weighted by molar-refractivity contribution is 5.96. The van der Waals surface area contributed by atoms with Crippen molar-refractivity contribution in [3.63, 3.8) is 0 Å². The second kappa shape index (κ2) is 8.08. The van der Waals surface area contributed by atoms with E-state index in [0.717, 1.165) is 61.8 Å². The predicted molar refractivity (Wildman–Crippen MR) is 108 cm³/mol. The maximum atomic E-state index is 12.3. The molecule has 0 unspecified atom stereocenters. The fourth-order valence-electron chi connectivity index (χ4n) is 3.82. The zero-order valence-corrected chi connectivity index (χ0v) is 16.5. The van der Waals surface area contributed by atoms with Gasteiger partial charge in [0.1, 0.15) is 23.2 Å². The van der Waals surface area contributed by atoms with Gasteiger partial charge in [0.2, 0.25) is 0 Å². The van der Waals surface area contributed by atoms with Gasteiger partial charge in [-0.15, -0.1) is 0 Å². The van der Waals surface area contributed by atoms with E-state index in [1.54, 1.807) is 12.4 Å². The SMILES string of the molecule is CC(C)Cc1nc(NC2CCN(c3cnccn3)CC2)c2c(n1)C(=O)NCC2. The fraction of sp³-hybridized carbons (Fsp3) is 0.550. The molecule has 0 radical (unpaired) electrons. The third kappa shape index (κ3) is 4.05. The molecule has 4 heterocycles. The molecule has 0 bridgehead atoms. The first-order valence-electron chi connectivity index (χ1n) is 10.1. The van der Waals surface area contributed by atoms with Gasteiger partial charge >= 0.3 is 0 Å². The summed E-state index contributed by atoms with van der Waals surface area (Å²) in [6, 6.07) is 0.323. The molecule has 0 saturated carbocycles. The number of hydrogen-bond donors (Lipinski definition) is 2. The maximum Gasteiger partial charge on any atom is 0.270 e. The molecule has 8 nitrogen and oxygen atoms in total. The average molecular weight is 381 g/mol. The number of nitrogens with zero attached hydrogens (tertiary/aromatic N) is 5. The lowest BCUT2D eigenvalue weighted by Crippen LogP contribution is -2.40. The molecule has 0 aliphatic carbocycles. The molecule has 0 atom stereocenters. The standard InChI is InChI=1S/C20H27N7O/c1-13(2)11-16-25-18-15(3-6-23-20(18)28)19(26-16)24-14-4-9-27(10-5-14)17-12-21-7-8-22-17/h7-8,12-14H,3-6,9-11H2,1-2H3,(H,23,28)(H,24,25,26). The average Bonchev–Trinajstić information content (AvgIpc) is 2.70. The zero-order valence-electron chi connectivity index (χ0n) is 16.5. The Balaban J connectivity index is 1.50. The number of fused-ring (bicyclic) bond motifs is 1. The normalized spacial score (nSPS) is 17.4. The summed E-state index contributed by atoms with van der Waals surface area (Å²) in [6.07, 6.45) is 8.74. The van der Waals surface area contributed by atoms with Gasteiger partial charge in [-0.1, -0.05) is 13.8 Å². The molecule has 148 valence electrons. The van der Waals surface area contributed by atoms with Gasteiger partial charge in [0.05, 0.1) is 6.20 Å². The Labute approximate surface area is 165 Å². The van der Waals surface area contributed by atoms with E-state index in [2.05, 4.69) is 44.3 Å². The van der Waals surface area contributed by atoms with Crippen LogP contribution in [0.2, 0.25) is 0 Å². The Bertz CT molecular complexity index is 832. The Kier molecular flexibility index (Phi) is 5.36. The highest BCUT2D eigenvalue weighted by atomic mass is 16.1. The van der Waals surface area contributed by atoms with Crippen LogP contribution in [0.4, 0.5) is 11.6 Å². The Morgan fingerprint density at radius 2 is 2.07 bits per heavy atom. The minimum Gasteiger partial charge on any atom is -0.367 e. The molecule has 0 aromatic carbocycles. The Hall–Kier alpha value is -2.77. The van der Waals surface area contributed by atoms with E-state index in [1.165, 1.54) is 0 Å².